The lowest BCUT2D eigenvalue weighted by atomic mass is 10.2. The quantitative estimate of drug-likeness (QED) is 0.881. The van der Waals surface area contributed by atoms with E-state index in [9.17, 15) is 0 Å². The van der Waals surface area contributed by atoms with E-state index < -0.39 is 0 Å². The van der Waals surface area contributed by atoms with Gasteiger partial charge in [-0.2, -0.15) is 9.97 Å². The van der Waals surface area contributed by atoms with Crippen LogP contribution in [0.5, 0.6) is 17.8 Å². The maximum Gasteiger partial charge on any atom is 0.330 e. The molecule has 0 bridgehead atoms. The SMILES string of the molecule is CCCOc1nc(NC)nc(Oc2cc(C)ccc2Cl)n1. The number of rotatable bonds is 6. The Morgan fingerprint density at radius 1 is 1.19 bits per heavy atom. The van der Waals surface area contributed by atoms with Crippen molar-refractivity contribution in [3.63, 3.8) is 0 Å². The minimum atomic E-state index is 0.132. The van der Waals surface area contributed by atoms with Gasteiger partial charge in [0.25, 0.3) is 0 Å². The van der Waals surface area contributed by atoms with E-state index in [0.29, 0.717) is 23.3 Å². The molecular weight excluding hydrogens is 292 g/mol. The minimum Gasteiger partial charge on any atom is -0.463 e. The Balaban J connectivity index is 2.27. The van der Waals surface area contributed by atoms with Crippen LogP contribution in [0.2, 0.25) is 5.02 Å². The second-order valence-electron chi connectivity index (χ2n) is 4.36. The van der Waals surface area contributed by atoms with Crippen molar-refractivity contribution in [2.24, 2.45) is 0 Å². The van der Waals surface area contributed by atoms with Gasteiger partial charge in [-0.3, -0.25) is 0 Å². The summed E-state index contributed by atoms with van der Waals surface area (Å²) in [6.07, 6.45) is 0.862. The van der Waals surface area contributed by atoms with Gasteiger partial charge in [0.15, 0.2) is 0 Å². The molecule has 21 heavy (non-hydrogen) atoms. The molecule has 1 N–H and O–H groups in total. The Bertz CT molecular complexity index is 622. The Morgan fingerprint density at radius 3 is 2.67 bits per heavy atom. The maximum atomic E-state index is 6.10. The van der Waals surface area contributed by atoms with Crippen molar-refractivity contribution in [1.82, 2.24) is 15.0 Å². The number of halogens is 1. The highest BCUT2D eigenvalue weighted by atomic mass is 35.5. The van der Waals surface area contributed by atoms with Crippen LogP contribution in [0, 0.1) is 6.92 Å². The highest BCUT2D eigenvalue weighted by molar-refractivity contribution is 6.32. The molecule has 112 valence electrons. The Labute approximate surface area is 128 Å². The third-order valence-corrected chi connectivity index (χ3v) is 2.85. The second-order valence-corrected chi connectivity index (χ2v) is 4.77. The molecule has 2 rings (SSSR count). The van der Waals surface area contributed by atoms with Crippen LogP contribution < -0.4 is 14.8 Å². The van der Waals surface area contributed by atoms with Crippen molar-refractivity contribution < 1.29 is 9.47 Å². The number of nitrogens with zero attached hydrogens (tertiary/aromatic N) is 3. The van der Waals surface area contributed by atoms with Crippen molar-refractivity contribution in [3.05, 3.63) is 28.8 Å². The van der Waals surface area contributed by atoms with E-state index in [0.717, 1.165) is 12.0 Å². The summed E-state index contributed by atoms with van der Waals surface area (Å²) < 4.78 is 11.1. The standard InChI is InChI=1S/C14H17ClN4O2/c1-4-7-20-13-17-12(16-3)18-14(19-13)21-11-8-9(2)5-6-10(11)15/h5-6,8H,4,7H2,1-3H3,(H,16,17,18,19). The van der Waals surface area contributed by atoms with Gasteiger partial charge in [0.2, 0.25) is 5.95 Å². The van der Waals surface area contributed by atoms with Crippen molar-refractivity contribution in [2.75, 3.05) is 19.0 Å². The first-order valence-corrected chi connectivity index (χ1v) is 7.00. The molecule has 1 aromatic heterocycles. The summed E-state index contributed by atoms with van der Waals surface area (Å²) >= 11 is 6.10. The minimum absolute atomic E-state index is 0.132. The average molecular weight is 309 g/mol. The molecule has 7 heteroatoms. The predicted molar refractivity (Wildman–Crippen MR) is 81.4 cm³/mol. The first kappa shape index (κ1) is 15.3. The van der Waals surface area contributed by atoms with Crippen LogP contribution in [0.1, 0.15) is 18.9 Å². The molecule has 0 fully saturated rings. The molecule has 1 heterocycles. The lowest BCUT2D eigenvalue weighted by Crippen LogP contribution is -2.06. The maximum absolute atomic E-state index is 6.10. The normalized spacial score (nSPS) is 10.3. The fourth-order valence-electron chi connectivity index (χ4n) is 1.54. The molecule has 0 unspecified atom stereocenters. The molecule has 0 saturated heterocycles. The number of ether oxygens (including phenoxy) is 2. The third kappa shape index (κ3) is 4.19. The van der Waals surface area contributed by atoms with E-state index in [1.54, 1.807) is 13.1 Å². The van der Waals surface area contributed by atoms with Crippen LogP contribution in [-0.4, -0.2) is 28.6 Å². The Morgan fingerprint density at radius 2 is 1.95 bits per heavy atom. The van der Waals surface area contributed by atoms with Gasteiger partial charge in [0, 0.05) is 7.05 Å². The zero-order valence-electron chi connectivity index (χ0n) is 12.2. The number of hydrogen-bond donors (Lipinski definition) is 1. The van der Waals surface area contributed by atoms with Crippen molar-refractivity contribution in [2.45, 2.75) is 20.3 Å². The van der Waals surface area contributed by atoms with Crippen LogP contribution in [0.15, 0.2) is 18.2 Å². The van der Waals surface area contributed by atoms with Gasteiger partial charge in [-0.1, -0.05) is 24.6 Å². The second kappa shape index (κ2) is 7.08. The molecule has 0 saturated carbocycles. The monoisotopic (exact) mass is 308 g/mol. The fourth-order valence-corrected chi connectivity index (χ4v) is 1.70. The van der Waals surface area contributed by atoms with Gasteiger partial charge in [-0.15, -0.1) is 4.98 Å². The number of hydrogen-bond acceptors (Lipinski definition) is 6. The van der Waals surface area contributed by atoms with Gasteiger partial charge in [0.1, 0.15) is 5.75 Å². The third-order valence-electron chi connectivity index (χ3n) is 2.54. The van der Waals surface area contributed by atoms with E-state index in [1.165, 1.54) is 0 Å². The summed E-state index contributed by atoms with van der Waals surface area (Å²) in [5, 5.41) is 3.33. The van der Waals surface area contributed by atoms with Crippen LogP contribution in [0.25, 0.3) is 0 Å². The summed E-state index contributed by atoms with van der Waals surface area (Å²) in [5.41, 5.74) is 1.03. The molecule has 0 spiro atoms. The molecule has 0 amide bonds. The van der Waals surface area contributed by atoms with E-state index in [4.69, 9.17) is 21.1 Å². The van der Waals surface area contributed by atoms with E-state index in [1.807, 2.05) is 26.0 Å². The molecule has 6 nitrogen and oxygen atoms in total. The molecule has 0 aliphatic rings. The number of benzene rings is 1. The van der Waals surface area contributed by atoms with Crippen LogP contribution in [0.3, 0.4) is 0 Å². The predicted octanol–water partition coefficient (Wildman–Crippen LogP) is 3.46. The van der Waals surface area contributed by atoms with Crippen LogP contribution >= 0.6 is 11.6 Å². The van der Waals surface area contributed by atoms with Crippen molar-refractivity contribution in [3.8, 4) is 17.8 Å². The molecule has 0 atom stereocenters. The largest absolute Gasteiger partial charge is 0.463 e. The molecule has 1 aromatic carbocycles. The summed E-state index contributed by atoms with van der Waals surface area (Å²) in [5.74, 6) is 0.862. The highest BCUT2D eigenvalue weighted by Crippen LogP contribution is 2.29. The topological polar surface area (TPSA) is 69.2 Å². The van der Waals surface area contributed by atoms with Gasteiger partial charge < -0.3 is 14.8 Å². The summed E-state index contributed by atoms with van der Waals surface area (Å²) in [6.45, 7) is 4.48. The number of nitrogens with one attached hydrogen (secondary N) is 1. The zero-order chi connectivity index (χ0) is 15.2. The number of anilines is 1. The summed E-state index contributed by atoms with van der Waals surface area (Å²) in [7, 11) is 1.71. The molecule has 0 radical (unpaired) electrons. The van der Waals surface area contributed by atoms with Crippen LogP contribution in [-0.2, 0) is 0 Å². The van der Waals surface area contributed by atoms with E-state index in [-0.39, 0.29) is 12.0 Å². The lowest BCUT2D eigenvalue weighted by Gasteiger charge is -2.09. The van der Waals surface area contributed by atoms with Gasteiger partial charge in [-0.25, -0.2) is 0 Å². The number of aryl methyl sites for hydroxylation is 1. The van der Waals surface area contributed by atoms with Crippen molar-refractivity contribution >= 4 is 17.5 Å². The van der Waals surface area contributed by atoms with Crippen molar-refractivity contribution in [1.29, 1.82) is 0 Å². The van der Waals surface area contributed by atoms with Gasteiger partial charge >= 0.3 is 12.0 Å². The van der Waals surface area contributed by atoms with E-state index >= 15 is 0 Å². The first-order valence-electron chi connectivity index (χ1n) is 6.63. The molecule has 0 aliphatic heterocycles. The van der Waals surface area contributed by atoms with Crippen LogP contribution in [0.4, 0.5) is 5.95 Å². The smallest absolute Gasteiger partial charge is 0.330 e. The summed E-state index contributed by atoms with van der Waals surface area (Å²) in [6, 6.07) is 5.83. The molecule has 0 aliphatic carbocycles. The zero-order valence-corrected chi connectivity index (χ0v) is 12.9. The average Bonchev–Trinajstić information content (AvgIpc) is 2.48. The molecular formula is C14H17ClN4O2. The molecule has 2 aromatic rings. The lowest BCUT2D eigenvalue weighted by molar-refractivity contribution is 0.285. The summed E-state index contributed by atoms with van der Waals surface area (Å²) in [4.78, 5) is 12.4. The van der Waals surface area contributed by atoms with Gasteiger partial charge in [-0.05, 0) is 31.0 Å². The highest BCUT2D eigenvalue weighted by Gasteiger charge is 2.11. The Kier molecular flexibility index (Phi) is 5.16. The fraction of sp³-hybridized carbons (Fsp3) is 0.357. The first-order chi connectivity index (χ1) is 10.1. The Hall–Kier alpha value is -2.08. The van der Waals surface area contributed by atoms with Gasteiger partial charge in [0.05, 0.1) is 11.6 Å². The van der Waals surface area contributed by atoms with E-state index in [2.05, 4.69) is 20.3 Å². The number of aromatic nitrogens is 3.